The molecule has 0 spiro atoms. The molecule has 0 fully saturated rings. The van der Waals surface area contributed by atoms with Gasteiger partial charge in [0.15, 0.2) is 0 Å². The lowest BCUT2D eigenvalue weighted by Gasteiger charge is -2.06. The van der Waals surface area contributed by atoms with Gasteiger partial charge in [-0.1, -0.05) is 55.8 Å². The van der Waals surface area contributed by atoms with E-state index in [-0.39, 0.29) is 11.7 Å². The molecular weight excluding hydrogens is 364 g/mol. The molecule has 2 N–H and O–H groups in total. The van der Waals surface area contributed by atoms with Gasteiger partial charge >= 0.3 is 0 Å². The summed E-state index contributed by atoms with van der Waals surface area (Å²) in [7, 11) is 0. The third kappa shape index (κ3) is 5.82. The molecule has 5 heteroatoms. The molecule has 5 nitrogen and oxygen atoms in total. The zero-order chi connectivity index (χ0) is 20.5. The second kappa shape index (κ2) is 10.3. The number of benzene rings is 3. The topological polar surface area (TPSA) is 70.9 Å². The van der Waals surface area contributed by atoms with E-state index in [0.29, 0.717) is 18.4 Å². The number of carbonyl (C=O) groups excluding carboxylic acids is 1. The fourth-order valence-electron chi connectivity index (χ4n) is 2.99. The number of hydrogen-bond acceptors (Lipinski definition) is 4. The van der Waals surface area contributed by atoms with Crippen LogP contribution in [0.15, 0.2) is 65.8 Å². The number of aromatic hydroxyl groups is 1. The van der Waals surface area contributed by atoms with E-state index >= 15 is 0 Å². The molecule has 0 unspecified atom stereocenters. The van der Waals surface area contributed by atoms with Crippen molar-refractivity contribution in [1.82, 2.24) is 5.43 Å². The number of fused-ring (bicyclic) bond motifs is 1. The lowest BCUT2D eigenvalue weighted by atomic mass is 10.0. The number of hydrogen-bond donors (Lipinski definition) is 2. The van der Waals surface area contributed by atoms with E-state index < -0.39 is 0 Å². The van der Waals surface area contributed by atoms with Gasteiger partial charge in [0.1, 0.15) is 11.5 Å². The number of nitrogens with zero attached hydrogens (tertiary/aromatic N) is 1. The number of carbonyl (C=O) groups is 1. The van der Waals surface area contributed by atoms with Gasteiger partial charge < -0.3 is 9.84 Å². The zero-order valence-electron chi connectivity index (χ0n) is 16.6. The van der Waals surface area contributed by atoms with Crippen LogP contribution >= 0.6 is 0 Å². The average Bonchev–Trinajstić information content (AvgIpc) is 2.75. The van der Waals surface area contributed by atoms with Gasteiger partial charge in [0.05, 0.1) is 12.8 Å². The zero-order valence-corrected chi connectivity index (χ0v) is 16.6. The van der Waals surface area contributed by atoms with Gasteiger partial charge in [0.25, 0.3) is 0 Å². The molecule has 3 rings (SSSR count). The third-order valence-corrected chi connectivity index (χ3v) is 4.66. The number of rotatable bonds is 9. The van der Waals surface area contributed by atoms with Crippen LogP contribution in [-0.2, 0) is 11.2 Å². The number of phenols is 1. The number of aryl methyl sites for hydroxylation is 1. The number of unbranched alkanes of at least 4 members (excludes halogenated alkanes) is 1. The Balaban J connectivity index is 1.51. The number of hydrazone groups is 1. The highest BCUT2D eigenvalue weighted by Crippen LogP contribution is 2.25. The van der Waals surface area contributed by atoms with Crippen molar-refractivity contribution in [2.45, 2.75) is 32.6 Å². The molecule has 0 bridgehead atoms. The highest BCUT2D eigenvalue weighted by atomic mass is 16.5. The van der Waals surface area contributed by atoms with Crippen LogP contribution < -0.4 is 10.2 Å². The summed E-state index contributed by atoms with van der Waals surface area (Å²) in [6.45, 7) is 2.86. The standard InChI is InChI=1S/C24H26N2O3/c1-2-3-16-29-20-12-8-18(9-13-20)10-15-24(28)26-25-17-22-21-7-5-4-6-19(21)11-14-23(22)27/h4-9,11-14,17,27H,2-3,10,15-16H2,1H3,(H,26,28)/b25-17+. The monoisotopic (exact) mass is 390 g/mol. The highest BCUT2D eigenvalue weighted by molar-refractivity contribution is 6.02. The van der Waals surface area contributed by atoms with Gasteiger partial charge in [-0.3, -0.25) is 4.79 Å². The van der Waals surface area contributed by atoms with E-state index in [4.69, 9.17) is 4.74 Å². The number of phenolic OH excluding ortho intramolecular Hbond substituents is 1. The van der Waals surface area contributed by atoms with Crippen LogP contribution in [0.2, 0.25) is 0 Å². The molecule has 0 radical (unpaired) electrons. The Hall–Kier alpha value is -3.34. The van der Waals surface area contributed by atoms with Gasteiger partial charge in [-0.25, -0.2) is 5.43 Å². The molecule has 0 saturated carbocycles. The summed E-state index contributed by atoms with van der Waals surface area (Å²) in [6, 6.07) is 19.0. The fourth-order valence-corrected chi connectivity index (χ4v) is 2.99. The number of nitrogens with one attached hydrogen (secondary N) is 1. The van der Waals surface area contributed by atoms with Crippen LogP contribution in [0.25, 0.3) is 10.8 Å². The van der Waals surface area contributed by atoms with Crippen LogP contribution in [0.5, 0.6) is 11.5 Å². The summed E-state index contributed by atoms with van der Waals surface area (Å²) in [5, 5.41) is 16.0. The summed E-state index contributed by atoms with van der Waals surface area (Å²) in [5.41, 5.74) is 4.19. The van der Waals surface area contributed by atoms with Crippen LogP contribution in [0, 0.1) is 0 Å². The lowest BCUT2D eigenvalue weighted by molar-refractivity contribution is -0.121. The first kappa shape index (κ1) is 20.4. The predicted molar refractivity (Wildman–Crippen MR) is 117 cm³/mol. The molecule has 0 aliphatic carbocycles. The van der Waals surface area contributed by atoms with Crippen molar-refractivity contribution in [3.8, 4) is 11.5 Å². The molecule has 0 heterocycles. The number of ether oxygens (including phenoxy) is 1. The van der Waals surface area contributed by atoms with Crippen LogP contribution in [0.1, 0.15) is 37.3 Å². The van der Waals surface area contributed by atoms with Crippen molar-refractivity contribution in [3.05, 3.63) is 71.8 Å². The maximum Gasteiger partial charge on any atom is 0.240 e. The summed E-state index contributed by atoms with van der Waals surface area (Å²) in [5.74, 6) is 0.804. The maximum absolute atomic E-state index is 12.1. The maximum atomic E-state index is 12.1. The van der Waals surface area contributed by atoms with Crippen molar-refractivity contribution in [2.75, 3.05) is 6.61 Å². The Kier molecular flexibility index (Phi) is 7.22. The molecule has 3 aromatic rings. The Morgan fingerprint density at radius 2 is 1.90 bits per heavy atom. The average molecular weight is 390 g/mol. The van der Waals surface area contributed by atoms with Crippen LogP contribution in [-0.4, -0.2) is 23.8 Å². The number of amides is 1. The summed E-state index contributed by atoms with van der Waals surface area (Å²) in [6.07, 6.45) is 4.58. The van der Waals surface area contributed by atoms with Gasteiger partial charge in [-0.2, -0.15) is 5.10 Å². The van der Waals surface area contributed by atoms with E-state index in [1.807, 2.05) is 54.6 Å². The molecule has 150 valence electrons. The minimum Gasteiger partial charge on any atom is -0.507 e. The SMILES string of the molecule is CCCCOc1ccc(CCC(=O)N/N=C/c2c(O)ccc3ccccc23)cc1. The normalized spacial score (nSPS) is 11.1. The molecule has 0 atom stereocenters. The molecule has 0 aliphatic rings. The second-order valence-corrected chi connectivity index (χ2v) is 6.86. The summed E-state index contributed by atoms with van der Waals surface area (Å²) in [4.78, 5) is 12.1. The van der Waals surface area contributed by atoms with E-state index in [1.54, 1.807) is 6.07 Å². The summed E-state index contributed by atoms with van der Waals surface area (Å²) >= 11 is 0. The largest absolute Gasteiger partial charge is 0.507 e. The molecule has 29 heavy (non-hydrogen) atoms. The van der Waals surface area contributed by atoms with Crippen molar-refractivity contribution < 1.29 is 14.6 Å². The fraction of sp³-hybridized carbons (Fsp3) is 0.250. The first-order valence-electron chi connectivity index (χ1n) is 9.91. The van der Waals surface area contributed by atoms with Gasteiger partial charge in [0.2, 0.25) is 5.91 Å². The molecule has 3 aromatic carbocycles. The first-order chi connectivity index (χ1) is 14.2. The highest BCUT2D eigenvalue weighted by Gasteiger charge is 2.05. The van der Waals surface area contributed by atoms with Crippen molar-refractivity contribution in [3.63, 3.8) is 0 Å². The van der Waals surface area contributed by atoms with Gasteiger partial charge in [-0.15, -0.1) is 0 Å². The summed E-state index contributed by atoms with van der Waals surface area (Å²) < 4.78 is 5.64. The van der Waals surface area contributed by atoms with Gasteiger partial charge in [0, 0.05) is 12.0 Å². The predicted octanol–water partition coefficient (Wildman–Crippen LogP) is 4.81. The molecule has 0 aromatic heterocycles. The molecular formula is C24H26N2O3. The third-order valence-electron chi connectivity index (χ3n) is 4.66. The quantitative estimate of drug-likeness (QED) is 0.313. The minimum atomic E-state index is -0.177. The van der Waals surface area contributed by atoms with Crippen molar-refractivity contribution in [1.29, 1.82) is 0 Å². The Morgan fingerprint density at radius 1 is 1.10 bits per heavy atom. The second-order valence-electron chi connectivity index (χ2n) is 6.86. The first-order valence-corrected chi connectivity index (χ1v) is 9.91. The van der Waals surface area contributed by atoms with Gasteiger partial charge in [-0.05, 0) is 47.4 Å². The van der Waals surface area contributed by atoms with E-state index in [9.17, 15) is 9.90 Å². The Morgan fingerprint density at radius 3 is 2.69 bits per heavy atom. The molecule has 0 aliphatic heterocycles. The molecule has 1 amide bonds. The van der Waals surface area contributed by atoms with E-state index in [1.165, 1.54) is 6.21 Å². The Labute approximate surface area is 171 Å². The van der Waals surface area contributed by atoms with E-state index in [2.05, 4.69) is 17.5 Å². The smallest absolute Gasteiger partial charge is 0.240 e. The van der Waals surface area contributed by atoms with Crippen LogP contribution in [0.3, 0.4) is 0 Å². The lowest BCUT2D eigenvalue weighted by Crippen LogP contribution is -2.17. The Bertz CT molecular complexity index is 981. The minimum absolute atomic E-state index is 0.128. The van der Waals surface area contributed by atoms with E-state index in [0.717, 1.165) is 41.5 Å². The van der Waals surface area contributed by atoms with Crippen LogP contribution in [0.4, 0.5) is 0 Å². The molecule has 0 saturated heterocycles. The van der Waals surface area contributed by atoms with Crippen molar-refractivity contribution >= 4 is 22.9 Å². The van der Waals surface area contributed by atoms with Crippen molar-refractivity contribution in [2.24, 2.45) is 5.10 Å².